The number of nitrogens with zero attached hydrogens (tertiary/aromatic N) is 1. The minimum Gasteiger partial charge on any atom is -0.306 e. The van der Waals surface area contributed by atoms with Gasteiger partial charge in [-0.15, -0.1) is 0 Å². The zero-order valence-electron chi connectivity index (χ0n) is 7.06. The van der Waals surface area contributed by atoms with Crippen molar-refractivity contribution in [1.29, 1.82) is 0 Å². The van der Waals surface area contributed by atoms with Gasteiger partial charge in [-0.25, -0.2) is 0 Å². The van der Waals surface area contributed by atoms with Crippen LogP contribution < -0.4 is 0 Å². The Labute approximate surface area is 63.7 Å². The van der Waals surface area contributed by atoms with Gasteiger partial charge in [-0.3, -0.25) is 0 Å². The van der Waals surface area contributed by atoms with Gasteiger partial charge in [0.1, 0.15) is 0 Å². The molecule has 0 saturated heterocycles. The molecule has 1 aliphatic rings. The lowest BCUT2D eigenvalue weighted by Crippen LogP contribution is -2.22. The summed E-state index contributed by atoms with van der Waals surface area (Å²) in [6, 6.07) is 0. The predicted molar refractivity (Wildman–Crippen MR) is 45.1 cm³/mol. The molecule has 0 atom stereocenters. The highest BCUT2D eigenvalue weighted by atomic mass is 15.1. The largest absolute Gasteiger partial charge is 0.306 e. The van der Waals surface area contributed by atoms with Crippen LogP contribution >= 0.6 is 0 Å². The molecule has 0 radical (unpaired) electrons. The van der Waals surface area contributed by atoms with Gasteiger partial charge in [-0.1, -0.05) is 11.6 Å². The molecule has 0 spiro atoms. The average molecular weight is 139 g/mol. The molecular weight excluding hydrogens is 122 g/mol. The molecule has 0 amide bonds. The fraction of sp³-hybridized carbons (Fsp3) is 0.778. The Morgan fingerprint density at radius 3 is 3.00 bits per heavy atom. The van der Waals surface area contributed by atoms with E-state index >= 15 is 0 Å². The lowest BCUT2D eigenvalue weighted by molar-refractivity contribution is 0.329. The fourth-order valence-corrected chi connectivity index (χ4v) is 1.29. The first-order valence-electron chi connectivity index (χ1n) is 4.13. The van der Waals surface area contributed by atoms with Gasteiger partial charge < -0.3 is 4.90 Å². The van der Waals surface area contributed by atoms with Crippen LogP contribution in [0.15, 0.2) is 11.6 Å². The Bertz CT molecular complexity index is 127. The molecule has 10 heavy (non-hydrogen) atoms. The maximum Gasteiger partial charge on any atom is 0.00154 e. The van der Waals surface area contributed by atoms with E-state index < -0.39 is 0 Å². The Balaban J connectivity index is 2.39. The van der Waals surface area contributed by atoms with Crippen LogP contribution in [0, 0.1) is 0 Å². The predicted octanol–water partition coefficient (Wildman–Crippen LogP) is 2.05. The van der Waals surface area contributed by atoms with Crippen LogP contribution in [-0.4, -0.2) is 25.0 Å². The first kappa shape index (κ1) is 7.80. The van der Waals surface area contributed by atoms with E-state index in [1.807, 2.05) is 0 Å². The molecule has 0 unspecified atom stereocenters. The molecule has 0 aromatic carbocycles. The molecule has 0 fully saturated rings. The highest BCUT2D eigenvalue weighted by Gasteiger charge is 2.01. The summed E-state index contributed by atoms with van der Waals surface area (Å²) in [5, 5.41) is 0. The molecule has 0 saturated carbocycles. The topological polar surface area (TPSA) is 3.24 Å². The van der Waals surface area contributed by atoms with Gasteiger partial charge in [0.05, 0.1) is 0 Å². The minimum absolute atomic E-state index is 1.24. The van der Waals surface area contributed by atoms with Crippen LogP contribution in [0.25, 0.3) is 0 Å². The fourth-order valence-electron chi connectivity index (χ4n) is 1.29. The van der Waals surface area contributed by atoms with Gasteiger partial charge in [-0.2, -0.15) is 0 Å². The summed E-state index contributed by atoms with van der Waals surface area (Å²) in [4.78, 5) is 2.41. The second kappa shape index (κ2) is 3.77. The van der Waals surface area contributed by atoms with Crippen LogP contribution in [0.4, 0.5) is 0 Å². The van der Waals surface area contributed by atoms with Crippen LogP contribution in [-0.2, 0) is 0 Å². The molecule has 1 aliphatic heterocycles. The molecule has 0 aliphatic carbocycles. The zero-order chi connectivity index (χ0) is 7.40. The van der Waals surface area contributed by atoms with Gasteiger partial charge in [-0.05, 0) is 39.8 Å². The highest BCUT2D eigenvalue weighted by Crippen LogP contribution is 2.08. The Morgan fingerprint density at radius 1 is 1.40 bits per heavy atom. The molecular formula is C9H17N. The molecule has 0 aromatic rings. The summed E-state index contributed by atoms with van der Waals surface area (Å²) in [5.74, 6) is 0. The molecule has 0 N–H and O–H groups in total. The van der Waals surface area contributed by atoms with E-state index in [0.29, 0.717) is 0 Å². The quantitative estimate of drug-likeness (QED) is 0.464. The van der Waals surface area contributed by atoms with E-state index in [-0.39, 0.29) is 0 Å². The first-order valence-corrected chi connectivity index (χ1v) is 4.13. The molecule has 0 bridgehead atoms. The number of hydrogen-bond acceptors (Lipinski definition) is 1. The van der Waals surface area contributed by atoms with Gasteiger partial charge in [0.2, 0.25) is 0 Å². The van der Waals surface area contributed by atoms with Crippen LogP contribution in [0.3, 0.4) is 0 Å². The highest BCUT2D eigenvalue weighted by molar-refractivity contribution is 4.99. The van der Waals surface area contributed by atoms with E-state index in [4.69, 9.17) is 0 Å². The summed E-state index contributed by atoms with van der Waals surface area (Å²) in [6.07, 6.45) is 6.24. The molecule has 58 valence electrons. The monoisotopic (exact) mass is 139 g/mol. The van der Waals surface area contributed by atoms with E-state index in [1.54, 1.807) is 5.57 Å². The Hall–Kier alpha value is -0.300. The number of hydrogen-bond donors (Lipinski definition) is 0. The van der Waals surface area contributed by atoms with Crippen molar-refractivity contribution in [3.63, 3.8) is 0 Å². The molecule has 1 heterocycles. The third-order valence-corrected chi connectivity index (χ3v) is 2.12. The van der Waals surface area contributed by atoms with Crippen LogP contribution in [0.2, 0.25) is 0 Å². The van der Waals surface area contributed by atoms with Crippen molar-refractivity contribution in [2.45, 2.75) is 26.2 Å². The van der Waals surface area contributed by atoms with Gasteiger partial charge in [0.15, 0.2) is 0 Å². The smallest absolute Gasteiger partial charge is 0.00154 e. The summed E-state index contributed by atoms with van der Waals surface area (Å²) in [7, 11) is 2.21. The second-order valence-electron chi connectivity index (χ2n) is 3.25. The van der Waals surface area contributed by atoms with Crippen molar-refractivity contribution in [2.75, 3.05) is 20.1 Å². The van der Waals surface area contributed by atoms with Crippen LogP contribution in [0.5, 0.6) is 0 Å². The number of allylic oxidation sites excluding steroid dienone is 1. The van der Waals surface area contributed by atoms with Crippen molar-refractivity contribution in [1.82, 2.24) is 4.90 Å². The number of rotatable bonds is 0. The first-order chi connectivity index (χ1) is 4.79. The summed E-state index contributed by atoms with van der Waals surface area (Å²) in [5.41, 5.74) is 1.56. The van der Waals surface area contributed by atoms with E-state index in [2.05, 4.69) is 24.9 Å². The Kier molecular flexibility index (Phi) is 2.94. The average Bonchev–Trinajstić information content (AvgIpc) is 1.90. The standard InChI is InChI=1S/C9H17N/c1-9-5-3-4-7-10(2)8-6-9/h5H,3-4,6-8H2,1-2H3/b9-5-. The second-order valence-corrected chi connectivity index (χ2v) is 3.25. The van der Waals surface area contributed by atoms with E-state index in [1.165, 1.54) is 32.4 Å². The maximum atomic E-state index is 2.41. The normalized spacial score (nSPS) is 28.4. The van der Waals surface area contributed by atoms with Crippen molar-refractivity contribution in [2.24, 2.45) is 0 Å². The molecule has 0 aromatic heterocycles. The minimum atomic E-state index is 1.24. The SMILES string of the molecule is C/C1=C/CCCN(C)CC1. The maximum absolute atomic E-state index is 2.41. The van der Waals surface area contributed by atoms with Gasteiger partial charge in [0, 0.05) is 6.54 Å². The summed E-state index contributed by atoms with van der Waals surface area (Å²) < 4.78 is 0. The third-order valence-electron chi connectivity index (χ3n) is 2.12. The van der Waals surface area contributed by atoms with E-state index in [0.717, 1.165) is 0 Å². The van der Waals surface area contributed by atoms with Crippen molar-refractivity contribution < 1.29 is 0 Å². The van der Waals surface area contributed by atoms with Gasteiger partial charge >= 0.3 is 0 Å². The summed E-state index contributed by atoms with van der Waals surface area (Å²) >= 11 is 0. The van der Waals surface area contributed by atoms with Gasteiger partial charge in [0.25, 0.3) is 0 Å². The van der Waals surface area contributed by atoms with Crippen molar-refractivity contribution >= 4 is 0 Å². The Morgan fingerprint density at radius 2 is 2.20 bits per heavy atom. The molecule has 1 nitrogen and oxygen atoms in total. The van der Waals surface area contributed by atoms with E-state index in [9.17, 15) is 0 Å². The third kappa shape index (κ3) is 2.53. The molecule has 1 heteroatoms. The summed E-state index contributed by atoms with van der Waals surface area (Å²) in [6.45, 7) is 4.74. The van der Waals surface area contributed by atoms with Crippen molar-refractivity contribution in [3.8, 4) is 0 Å². The zero-order valence-corrected chi connectivity index (χ0v) is 7.06. The van der Waals surface area contributed by atoms with Crippen molar-refractivity contribution in [3.05, 3.63) is 11.6 Å². The lowest BCUT2D eigenvalue weighted by Gasteiger charge is -2.18. The molecule has 1 rings (SSSR count). The van der Waals surface area contributed by atoms with Crippen LogP contribution in [0.1, 0.15) is 26.2 Å². The lowest BCUT2D eigenvalue weighted by atomic mass is 10.1.